The van der Waals surface area contributed by atoms with Gasteiger partial charge in [-0.1, -0.05) is 12.1 Å². The van der Waals surface area contributed by atoms with Crippen LogP contribution in [0.4, 0.5) is 0 Å². The molecule has 0 spiro atoms. The second-order valence-electron chi connectivity index (χ2n) is 3.19. The molecular weight excluding hydrogens is 485 g/mol. The zero-order chi connectivity index (χ0) is 12.3. The first-order chi connectivity index (χ1) is 8.36. The fourth-order valence-electron chi connectivity index (χ4n) is 1.35. The van der Waals surface area contributed by atoms with E-state index in [9.17, 15) is 0 Å². The van der Waals surface area contributed by atoms with Crippen LogP contribution in [0.25, 0.3) is 0 Å². The van der Waals surface area contributed by atoms with Crippen LogP contribution in [0.1, 0.15) is 11.4 Å². The Morgan fingerprint density at radius 3 is 1.53 bits per heavy atom. The second-order valence-corrected chi connectivity index (χ2v) is 12.0. The molecule has 0 saturated heterocycles. The molecule has 0 unspecified atom stereocenters. The molecule has 2 heterocycles. The minimum Gasteiger partial charge on any atom is -0.261 e. The van der Waals surface area contributed by atoms with E-state index in [1.807, 2.05) is 48.8 Å². The van der Waals surface area contributed by atoms with Crippen molar-refractivity contribution in [3.05, 3.63) is 60.2 Å². The van der Waals surface area contributed by atoms with Gasteiger partial charge in [0, 0.05) is 23.8 Å². The standard InChI is InChI=1S/C12H12N2.Co.2HI/c1-3-9-13-11(5-1)7-8-12-6-2-4-10-14-12;;;/h1-6,9-10H,7-8H2;;2*1H/q;+2;;/p-2. The summed E-state index contributed by atoms with van der Waals surface area (Å²) in [5, 5.41) is 0. The van der Waals surface area contributed by atoms with Crippen molar-refractivity contribution in [1.82, 2.24) is 9.97 Å². The Kier molecular flexibility index (Phi) is 9.21. The molecule has 0 bridgehead atoms. The van der Waals surface area contributed by atoms with Crippen LogP contribution in [-0.4, -0.2) is 9.97 Å². The number of halogens is 2. The van der Waals surface area contributed by atoms with Gasteiger partial charge in [0.05, 0.1) is 0 Å². The molecule has 17 heavy (non-hydrogen) atoms. The van der Waals surface area contributed by atoms with Crippen molar-refractivity contribution < 1.29 is 8.26 Å². The predicted octanol–water partition coefficient (Wildman–Crippen LogP) is 4.03. The second kappa shape index (κ2) is 10.2. The Morgan fingerprint density at radius 1 is 0.824 bits per heavy atom. The Bertz CT molecular complexity index is 358. The molecule has 0 aliphatic rings. The maximum atomic E-state index is 4.27. The van der Waals surface area contributed by atoms with Crippen molar-refractivity contribution in [3.63, 3.8) is 0 Å². The zero-order valence-electron chi connectivity index (χ0n) is 9.02. The smallest absolute Gasteiger partial charge is 0.0407 e. The minimum absolute atomic E-state index is 0.956. The summed E-state index contributed by atoms with van der Waals surface area (Å²) in [6.45, 7) is 0. The van der Waals surface area contributed by atoms with Crippen molar-refractivity contribution in [1.29, 1.82) is 0 Å². The van der Waals surface area contributed by atoms with E-state index in [4.69, 9.17) is 0 Å². The molecule has 0 atom stereocenters. The van der Waals surface area contributed by atoms with E-state index >= 15 is 0 Å². The molecule has 5 heteroatoms. The van der Waals surface area contributed by atoms with Crippen LogP contribution in [-0.2, 0) is 21.1 Å². The molecule has 0 radical (unpaired) electrons. The molecule has 2 aromatic rings. The third kappa shape index (κ3) is 7.32. The summed E-state index contributed by atoms with van der Waals surface area (Å²) in [4.78, 5) is 8.53. The molecule has 0 fully saturated rings. The monoisotopic (exact) mass is 497 g/mol. The van der Waals surface area contributed by atoms with Gasteiger partial charge < -0.3 is 0 Å². The van der Waals surface area contributed by atoms with Gasteiger partial charge in [0.25, 0.3) is 0 Å². The molecule has 2 rings (SSSR count). The minimum atomic E-state index is 0.956. The fraction of sp³-hybridized carbons (Fsp3) is 0.167. The molecule has 2 nitrogen and oxygen atoms in total. The molecule has 0 aliphatic heterocycles. The summed E-state index contributed by atoms with van der Waals surface area (Å²) < 4.78 is 0. The van der Waals surface area contributed by atoms with Crippen molar-refractivity contribution in [2.75, 3.05) is 0 Å². The number of nitrogens with zero attached hydrogens (tertiary/aromatic N) is 2. The van der Waals surface area contributed by atoms with Crippen molar-refractivity contribution in [2.45, 2.75) is 12.8 Å². The van der Waals surface area contributed by atoms with Crippen LogP contribution < -0.4 is 0 Å². The summed E-state index contributed by atoms with van der Waals surface area (Å²) in [5.41, 5.74) is 2.25. The number of hydrogen-bond donors (Lipinski definition) is 0. The van der Waals surface area contributed by atoms with Gasteiger partial charge in [0.2, 0.25) is 0 Å². The summed E-state index contributed by atoms with van der Waals surface area (Å²) in [5.74, 6) is 0. The van der Waals surface area contributed by atoms with E-state index in [1.54, 1.807) is 0 Å². The number of aryl methyl sites for hydroxylation is 2. The number of rotatable bonds is 3. The molecule has 0 N–H and O–H groups in total. The number of hydrogen-bond acceptors (Lipinski definition) is 2. The van der Waals surface area contributed by atoms with Gasteiger partial charge in [-0.15, -0.1) is 0 Å². The average molecular weight is 497 g/mol. The van der Waals surface area contributed by atoms with Crippen LogP contribution in [0.15, 0.2) is 48.8 Å². The molecule has 0 saturated carbocycles. The third-order valence-corrected chi connectivity index (χ3v) is 2.09. The normalized spacial score (nSPS) is 9.53. The zero-order valence-corrected chi connectivity index (χ0v) is 14.4. The van der Waals surface area contributed by atoms with Crippen LogP contribution in [0.3, 0.4) is 0 Å². The summed E-state index contributed by atoms with van der Waals surface area (Å²) in [7, 11) is 1.38. The molecule has 2 aromatic heterocycles. The van der Waals surface area contributed by atoms with E-state index in [1.165, 1.54) is 8.26 Å². The van der Waals surface area contributed by atoms with Crippen LogP contribution >= 0.6 is 40.8 Å². The number of pyridine rings is 2. The van der Waals surface area contributed by atoms with Crippen LogP contribution in [0, 0.1) is 0 Å². The van der Waals surface area contributed by atoms with E-state index in [0.29, 0.717) is 0 Å². The first kappa shape index (κ1) is 15.3. The Hall–Kier alpha value is 0.266. The molecule has 0 amide bonds. The van der Waals surface area contributed by atoms with E-state index in [-0.39, 0.29) is 0 Å². The van der Waals surface area contributed by atoms with Gasteiger partial charge in [0.1, 0.15) is 0 Å². The number of aromatic nitrogens is 2. The molecule has 0 aliphatic carbocycles. The Morgan fingerprint density at radius 2 is 1.24 bits per heavy atom. The van der Waals surface area contributed by atoms with Crippen LogP contribution in [0.5, 0.6) is 0 Å². The maximum Gasteiger partial charge on any atom is 0.0407 e. The molecular formula is C12H12CoI2N2. The third-order valence-electron chi connectivity index (χ3n) is 2.09. The predicted molar refractivity (Wildman–Crippen MR) is 83.9 cm³/mol. The van der Waals surface area contributed by atoms with Crippen LogP contribution in [0.2, 0.25) is 0 Å². The van der Waals surface area contributed by atoms with Gasteiger partial charge >= 0.3 is 49.1 Å². The topological polar surface area (TPSA) is 25.8 Å². The molecule has 93 valence electrons. The van der Waals surface area contributed by atoms with Gasteiger partial charge in [-0.3, -0.25) is 9.97 Å². The Balaban J connectivity index is 0.000000437. The first-order valence-electron chi connectivity index (χ1n) is 5.00. The van der Waals surface area contributed by atoms with Gasteiger partial charge in [0.15, 0.2) is 0 Å². The van der Waals surface area contributed by atoms with E-state index < -0.39 is 0 Å². The summed E-state index contributed by atoms with van der Waals surface area (Å²) >= 11 is 4.49. The summed E-state index contributed by atoms with van der Waals surface area (Å²) in [6.07, 6.45) is 5.57. The van der Waals surface area contributed by atoms with Crippen molar-refractivity contribution in [2.24, 2.45) is 0 Å². The van der Waals surface area contributed by atoms with Gasteiger partial charge in [-0.05, 0) is 37.1 Å². The van der Waals surface area contributed by atoms with Gasteiger partial charge in [-0.25, -0.2) is 0 Å². The maximum absolute atomic E-state index is 4.27. The summed E-state index contributed by atoms with van der Waals surface area (Å²) in [6, 6.07) is 12.0. The average Bonchev–Trinajstić information content (AvgIpc) is 2.40. The van der Waals surface area contributed by atoms with E-state index in [0.717, 1.165) is 24.2 Å². The van der Waals surface area contributed by atoms with Crippen molar-refractivity contribution >= 4 is 40.8 Å². The SMILES string of the molecule is [I][Co][I].c1ccc(CCc2ccccn2)nc1. The fourth-order valence-corrected chi connectivity index (χ4v) is 1.35. The first-order valence-corrected chi connectivity index (χ1v) is 11.7. The largest absolute Gasteiger partial charge is 0.261 e. The van der Waals surface area contributed by atoms with Crippen molar-refractivity contribution in [3.8, 4) is 0 Å². The molecule has 0 aromatic carbocycles. The quantitative estimate of drug-likeness (QED) is 0.600. The Labute approximate surface area is 131 Å². The van der Waals surface area contributed by atoms with E-state index in [2.05, 4.69) is 50.8 Å². The van der Waals surface area contributed by atoms with Gasteiger partial charge in [-0.2, -0.15) is 0 Å².